The Labute approximate surface area is 270 Å². The molecule has 3 aliphatic heterocycles. The van der Waals surface area contributed by atoms with Gasteiger partial charge in [0.1, 0.15) is 12.4 Å². The number of hydrogen-bond donors (Lipinski definition) is 2. The highest BCUT2D eigenvalue weighted by molar-refractivity contribution is 5.95. The van der Waals surface area contributed by atoms with E-state index in [1.165, 1.54) is 7.11 Å². The van der Waals surface area contributed by atoms with Gasteiger partial charge in [-0.05, 0) is 76.8 Å². The number of piperidine rings is 1. The van der Waals surface area contributed by atoms with E-state index in [0.717, 1.165) is 29.7 Å². The van der Waals surface area contributed by atoms with Crippen molar-refractivity contribution in [3.63, 3.8) is 0 Å². The number of nitrogens with zero attached hydrogens (tertiary/aromatic N) is 3. The molecule has 46 heavy (non-hydrogen) atoms. The maximum Gasteiger partial charge on any atom is 0.339 e. The number of aromatic nitrogens is 2. The van der Waals surface area contributed by atoms with E-state index in [1.54, 1.807) is 16.8 Å². The van der Waals surface area contributed by atoms with Crippen molar-refractivity contribution in [1.82, 2.24) is 14.9 Å². The number of pyridine rings is 1. The van der Waals surface area contributed by atoms with Crippen LogP contribution in [0.15, 0.2) is 48.7 Å². The van der Waals surface area contributed by atoms with Gasteiger partial charge in [0.15, 0.2) is 11.8 Å². The van der Waals surface area contributed by atoms with Crippen LogP contribution in [0, 0.1) is 6.92 Å². The molecule has 5 heterocycles. The van der Waals surface area contributed by atoms with Crippen molar-refractivity contribution in [2.45, 2.75) is 77.3 Å². The number of esters is 1. The monoisotopic (exact) mass is 634 g/mol. The number of aliphatic hydroxyl groups is 1. The predicted octanol–water partition coefficient (Wildman–Crippen LogP) is 4.33. The third-order valence-electron chi connectivity index (χ3n) is 8.45. The normalized spacial score (nSPS) is 22.1. The molecule has 3 aliphatic rings. The van der Waals surface area contributed by atoms with Crippen LogP contribution in [-0.4, -0.2) is 83.9 Å². The lowest BCUT2D eigenvalue weighted by Crippen LogP contribution is -2.45. The van der Waals surface area contributed by atoms with Crippen LogP contribution >= 0.6 is 0 Å². The molecular formula is C35H46N4O7. The van der Waals surface area contributed by atoms with E-state index in [1.807, 2.05) is 64.1 Å². The van der Waals surface area contributed by atoms with E-state index < -0.39 is 29.7 Å². The van der Waals surface area contributed by atoms with Crippen molar-refractivity contribution in [2.75, 3.05) is 44.9 Å². The third kappa shape index (κ3) is 7.71. The Morgan fingerprint density at radius 2 is 1.89 bits per heavy atom. The topological polar surface area (TPSA) is 124 Å². The maximum absolute atomic E-state index is 13.4. The molecule has 0 aliphatic carbocycles. The third-order valence-corrected chi connectivity index (χ3v) is 8.45. The van der Waals surface area contributed by atoms with Crippen molar-refractivity contribution >= 4 is 23.1 Å². The first kappa shape index (κ1) is 33.4. The number of amides is 1. The van der Waals surface area contributed by atoms with Gasteiger partial charge in [-0.1, -0.05) is 24.3 Å². The zero-order chi connectivity index (χ0) is 33.1. The standard InChI is InChI=1S/C35H46N4O7/c1-23-22-39-27-20-26(37-39)32(41)36-21-25(40)19-24-11-7-8-12-28(24)44-17-9-10-18-45-35(5)13-15-38(16-14-35)30(27)29(23)31(33(42)43-6)46-34(2,3)4/h7-12,20,22,25,31,40H,13-19,21H2,1-6H3,(H,36,41). The van der Waals surface area contributed by atoms with E-state index in [2.05, 4.69) is 22.2 Å². The van der Waals surface area contributed by atoms with Crippen LogP contribution < -0.4 is 15.0 Å². The Bertz CT molecular complexity index is 1580. The number of carbonyl (C=O) groups excluding carboxylic acids is 2. The summed E-state index contributed by atoms with van der Waals surface area (Å²) >= 11 is 0. The average Bonchev–Trinajstić information content (AvgIpc) is 3.43. The Morgan fingerprint density at radius 3 is 2.61 bits per heavy atom. The SMILES string of the molecule is COC(=O)C(OC(C)(C)C)c1c(C)cn2nc3cc2c1N1CCC(C)(CC1)OCC=CCOc1ccccc1CC(O)CNC3=O. The van der Waals surface area contributed by atoms with Crippen molar-refractivity contribution in [3.8, 4) is 5.75 Å². The van der Waals surface area contributed by atoms with Crippen LogP contribution in [0.25, 0.3) is 5.52 Å². The van der Waals surface area contributed by atoms with Crippen molar-refractivity contribution in [1.29, 1.82) is 0 Å². The second kappa shape index (κ2) is 13.8. The Hall–Kier alpha value is -3.93. The number of benzene rings is 1. The van der Waals surface area contributed by atoms with Gasteiger partial charge in [-0.2, -0.15) is 5.10 Å². The first-order valence-corrected chi connectivity index (χ1v) is 15.9. The second-order valence-electron chi connectivity index (χ2n) is 13.3. The fraction of sp³-hybridized carbons (Fsp3) is 0.514. The van der Waals surface area contributed by atoms with Crippen molar-refractivity contribution in [3.05, 3.63) is 71.1 Å². The summed E-state index contributed by atoms with van der Waals surface area (Å²) in [5.74, 6) is -0.234. The highest BCUT2D eigenvalue weighted by atomic mass is 16.6. The van der Waals surface area contributed by atoms with E-state index >= 15 is 0 Å². The fourth-order valence-electron chi connectivity index (χ4n) is 6.02. The van der Waals surface area contributed by atoms with Crippen LogP contribution in [0.5, 0.6) is 5.75 Å². The fourth-order valence-corrected chi connectivity index (χ4v) is 6.02. The first-order valence-electron chi connectivity index (χ1n) is 15.9. The zero-order valence-corrected chi connectivity index (χ0v) is 27.7. The molecule has 4 bridgehead atoms. The molecule has 2 N–H and O–H groups in total. The molecule has 1 fully saturated rings. The summed E-state index contributed by atoms with van der Waals surface area (Å²) in [6.45, 7) is 11.9. The maximum atomic E-state index is 13.4. The largest absolute Gasteiger partial charge is 0.489 e. The van der Waals surface area contributed by atoms with Crippen LogP contribution in [0.4, 0.5) is 5.69 Å². The molecule has 1 aromatic carbocycles. The Kier molecular flexibility index (Phi) is 10.0. The highest BCUT2D eigenvalue weighted by Crippen LogP contribution is 2.41. The summed E-state index contributed by atoms with van der Waals surface area (Å²) in [6.07, 6.45) is 5.65. The molecule has 0 saturated carbocycles. The summed E-state index contributed by atoms with van der Waals surface area (Å²) in [5.41, 5.74) is 2.95. The molecule has 2 aromatic heterocycles. The van der Waals surface area contributed by atoms with Gasteiger partial charge in [0, 0.05) is 37.8 Å². The number of para-hydroxylation sites is 1. The number of fused-ring (bicyclic) bond motifs is 10. The molecule has 6 rings (SSSR count). The van der Waals surface area contributed by atoms with Gasteiger partial charge in [-0.15, -0.1) is 0 Å². The van der Waals surface area contributed by atoms with Crippen LogP contribution in [0.1, 0.15) is 73.8 Å². The van der Waals surface area contributed by atoms with Gasteiger partial charge in [0.05, 0.1) is 42.2 Å². The second-order valence-corrected chi connectivity index (χ2v) is 13.3. The molecule has 11 nitrogen and oxygen atoms in total. The van der Waals surface area contributed by atoms with Gasteiger partial charge in [-0.3, -0.25) is 4.79 Å². The van der Waals surface area contributed by atoms with Gasteiger partial charge < -0.3 is 34.3 Å². The van der Waals surface area contributed by atoms with Crippen LogP contribution in [0.3, 0.4) is 0 Å². The Balaban J connectivity index is 1.57. The number of carbonyl (C=O) groups is 2. The first-order chi connectivity index (χ1) is 21.9. The van der Waals surface area contributed by atoms with Crippen LogP contribution in [0.2, 0.25) is 0 Å². The van der Waals surface area contributed by atoms with E-state index in [0.29, 0.717) is 49.6 Å². The van der Waals surface area contributed by atoms with Gasteiger partial charge in [0.25, 0.3) is 5.91 Å². The lowest BCUT2D eigenvalue weighted by Gasteiger charge is -2.41. The number of ether oxygens (including phenoxy) is 4. The quantitative estimate of drug-likeness (QED) is 0.320. The summed E-state index contributed by atoms with van der Waals surface area (Å²) in [4.78, 5) is 28.9. The van der Waals surface area contributed by atoms with Crippen molar-refractivity contribution < 1.29 is 33.6 Å². The molecule has 248 valence electrons. The van der Waals surface area contributed by atoms with Crippen molar-refractivity contribution in [2.24, 2.45) is 0 Å². The average molecular weight is 635 g/mol. The van der Waals surface area contributed by atoms with Crippen LogP contribution in [-0.2, 0) is 25.4 Å². The molecule has 1 saturated heterocycles. The number of nitrogens with one attached hydrogen (secondary N) is 1. The lowest BCUT2D eigenvalue weighted by molar-refractivity contribution is -0.164. The van der Waals surface area contributed by atoms with Gasteiger partial charge in [-0.25, -0.2) is 9.31 Å². The highest BCUT2D eigenvalue weighted by Gasteiger charge is 2.37. The number of methoxy groups -OCH3 is 1. The van der Waals surface area contributed by atoms with E-state index in [-0.39, 0.29) is 17.8 Å². The minimum absolute atomic E-state index is 0.0317. The number of aliphatic hydroxyl groups excluding tert-OH is 1. The summed E-state index contributed by atoms with van der Waals surface area (Å²) in [6, 6.07) is 9.29. The summed E-state index contributed by atoms with van der Waals surface area (Å²) in [5, 5.41) is 18.3. The molecule has 2 atom stereocenters. The molecule has 2 unspecified atom stereocenters. The Morgan fingerprint density at radius 1 is 1.17 bits per heavy atom. The van der Waals surface area contributed by atoms with E-state index in [9.17, 15) is 14.7 Å². The molecule has 11 heteroatoms. The smallest absolute Gasteiger partial charge is 0.339 e. The number of rotatable bonds is 3. The van der Waals surface area contributed by atoms with Gasteiger partial charge >= 0.3 is 5.97 Å². The molecule has 3 aromatic rings. The number of aryl methyl sites for hydroxylation is 1. The van der Waals surface area contributed by atoms with E-state index in [4.69, 9.17) is 18.9 Å². The molecular weight excluding hydrogens is 588 g/mol. The number of hydrogen-bond acceptors (Lipinski definition) is 9. The lowest BCUT2D eigenvalue weighted by atomic mass is 9.91. The minimum Gasteiger partial charge on any atom is -0.489 e. The number of anilines is 1. The van der Waals surface area contributed by atoms with Gasteiger partial charge in [0.2, 0.25) is 0 Å². The summed E-state index contributed by atoms with van der Waals surface area (Å²) in [7, 11) is 1.36. The molecule has 0 spiro atoms. The minimum atomic E-state index is -0.999. The molecule has 1 amide bonds. The summed E-state index contributed by atoms with van der Waals surface area (Å²) < 4.78 is 25.6. The zero-order valence-electron chi connectivity index (χ0n) is 27.7. The predicted molar refractivity (Wildman–Crippen MR) is 174 cm³/mol. The molecule has 0 radical (unpaired) electrons.